The topological polar surface area (TPSA) is 21.3 Å². The van der Waals surface area contributed by atoms with Crippen LogP contribution >= 0.6 is 0 Å². The van der Waals surface area contributed by atoms with E-state index in [1.807, 2.05) is 0 Å². The van der Waals surface area contributed by atoms with Crippen molar-refractivity contribution in [3.8, 4) is 0 Å². The number of hydrogen-bond acceptors (Lipinski definition) is 2. The van der Waals surface area contributed by atoms with Crippen LogP contribution in [0.25, 0.3) is 0 Å². The third-order valence-corrected chi connectivity index (χ3v) is 3.42. The van der Waals surface area contributed by atoms with Crippen molar-refractivity contribution in [1.82, 2.24) is 5.32 Å². The molecule has 0 radical (unpaired) electrons. The summed E-state index contributed by atoms with van der Waals surface area (Å²) in [7, 11) is 0. The molecule has 0 fully saturated rings. The summed E-state index contributed by atoms with van der Waals surface area (Å²) >= 11 is 0. The van der Waals surface area contributed by atoms with Crippen LogP contribution in [0.1, 0.15) is 46.5 Å². The smallest absolute Gasteiger partial charge is 0.0645 e. The lowest BCUT2D eigenvalue weighted by Crippen LogP contribution is -2.24. The summed E-state index contributed by atoms with van der Waals surface area (Å²) in [5, 5.41) is 3.45. The Labute approximate surface area is 108 Å². The van der Waals surface area contributed by atoms with Gasteiger partial charge in [-0.05, 0) is 24.8 Å². The van der Waals surface area contributed by atoms with Gasteiger partial charge >= 0.3 is 0 Å². The van der Waals surface area contributed by atoms with Gasteiger partial charge in [0.25, 0.3) is 0 Å². The van der Waals surface area contributed by atoms with Gasteiger partial charge < -0.3 is 10.1 Å². The first-order valence-corrected chi connectivity index (χ1v) is 7.15. The maximum absolute atomic E-state index is 5.32. The number of nitrogens with one attached hydrogen (secondary N) is 1. The van der Waals surface area contributed by atoms with E-state index >= 15 is 0 Å². The molecule has 0 aliphatic rings. The fraction of sp³-hybridized carbons (Fsp3) is 0.867. The van der Waals surface area contributed by atoms with E-state index in [-0.39, 0.29) is 0 Å². The van der Waals surface area contributed by atoms with Crippen molar-refractivity contribution >= 4 is 0 Å². The molecule has 2 atom stereocenters. The molecular formula is C15H31NO. The molecule has 1 N–H and O–H groups in total. The van der Waals surface area contributed by atoms with E-state index in [4.69, 9.17) is 4.74 Å². The van der Waals surface area contributed by atoms with Crippen LogP contribution in [0.5, 0.6) is 0 Å². The fourth-order valence-corrected chi connectivity index (χ4v) is 2.31. The lowest BCUT2D eigenvalue weighted by atomic mass is 9.86. The third kappa shape index (κ3) is 9.37. The second-order valence-electron chi connectivity index (χ2n) is 4.84. The minimum atomic E-state index is 0.660. The van der Waals surface area contributed by atoms with E-state index in [2.05, 4.69) is 32.7 Å². The largest absolute Gasteiger partial charge is 0.376 e. The lowest BCUT2D eigenvalue weighted by molar-refractivity contribution is 0.163. The molecule has 0 heterocycles. The van der Waals surface area contributed by atoms with Crippen molar-refractivity contribution in [3.05, 3.63) is 12.7 Å². The Bertz CT molecular complexity index is 170. The summed E-state index contributed by atoms with van der Waals surface area (Å²) < 4.78 is 5.32. The predicted molar refractivity (Wildman–Crippen MR) is 76.4 cm³/mol. The molecule has 0 bridgehead atoms. The van der Waals surface area contributed by atoms with Crippen LogP contribution in [0.4, 0.5) is 0 Å². The maximum Gasteiger partial charge on any atom is 0.0645 e. The van der Waals surface area contributed by atoms with Crippen molar-refractivity contribution < 1.29 is 4.74 Å². The second-order valence-corrected chi connectivity index (χ2v) is 4.84. The van der Waals surface area contributed by atoms with Crippen molar-refractivity contribution in [3.63, 3.8) is 0 Å². The van der Waals surface area contributed by atoms with Gasteiger partial charge in [-0.3, -0.25) is 0 Å². The molecule has 0 amide bonds. The van der Waals surface area contributed by atoms with Gasteiger partial charge in [0.1, 0.15) is 0 Å². The Kier molecular flexibility index (Phi) is 11.9. The van der Waals surface area contributed by atoms with E-state index in [9.17, 15) is 0 Å². The van der Waals surface area contributed by atoms with E-state index in [1.54, 1.807) is 6.08 Å². The SMILES string of the molecule is C=CCOCCNCCC(CC)C(C)CCC. The molecule has 0 aliphatic carbocycles. The Balaban J connectivity index is 3.46. The highest BCUT2D eigenvalue weighted by Gasteiger charge is 2.13. The first-order chi connectivity index (χ1) is 8.26. The average Bonchev–Trinajstić information content (AvgIpc) is 2.33. The van der Waals surface area contributed by atoms with Crippen LogP contribution < -0.4 is 5.32 Å². The zero-order chi connectivity index (χ0) is 12.9. The first kappa shape index (κ1) is 16.7. The number of ether oxygens (including phenoxy) is 1. The summed E-state index contributed by atoms with van der Waals surface area (Å²) in [5.74, 6) is 1.74. The third-order valence-electron chi connectivity index (χ3n) is 3.42. The predicted octanol–water partition coefficient (Wildman–Crippen LogP) is 3.63. The molecule has 0 saturated carbocycles. The summed E-state index contributed by atoms with van der Waals surface area (Å²) in [4.78, 5) is 0. The van der Waals surface area contributed by atoms with Crippen molar-refractivity contribution in [2.24, 2.45) is 11.8 Å². The Morgan fingerprint density at radius 3 is 2.59 bits per heavy atom. The van der Waals surface area contributed by atoms with Gasteiger partial charge in [-0.1, -0.05) is 46.1 Å². The Morgan fingerprint density at radius 2 is 2.00 bits per heavy atom. The molecule has 0 saturated heterocycles. The highest BCUT2D eigenvalue weighted by Crippen LogP contribution is 2.22. The average molecular weight is 241 g/mol. The maximum atomic E-state index is 5.32. The molecule has 0 aliphatic heterocycles. The Morgan fingerprint density at radius 1 is 1.24 bits per heavy atom. The van der Waals surface area contributed by atoms with Gasteiger partial charge in [0.05, 0.1) is 13.2 Å². The van der Waals surface area contributed by atoms with Gasteiger partial charge in [0.2, 0.25) is 0 Å². The molecule has 102 valence electrons. The number of rotatable bonds is 12. The second kappa shape index (κ2) is 12.1. The summed E-state index contributed by atoms with van der Waals surface area (Å²) in [6.07, 6.45) is 7.05. The summed E-state index contributed by atoms with van der Waals surface area (Å²) in [5.41, 5.74) is 0. The van der Waals surface area contributed by atoms with Crippen molar-refractivity contribution in [1.29, 1.82) is 0 Å². The molecule has 17 heavy (non-hydrogen) atoms. The lowest BCUT2D eigenvalue weighted by Gasteiger charge is -2.22. The van der Waals surface area contributed by atoms with E-state index in [0.29, 0.717) is 6.61 Å². The zero-order valence-corrected chi connectivity index (χ0v) is 12.0. The minimum Gasteiger partial charge on any atom is -0.376 e. The number of hydrogen-bond donors (Lipinski definition) is 1. The summed E-state index contributed by atoms with van der Waals surface area (Å²) in [6, 6.07) is 0. The van der Waals surface area contributed by atoms with Crippen LogP contribution in [0.2, 0.25) is 0 Å². The normalized spacial score (nSPS) is 14.5. The molecule has 2 nitrogen and oxygen atoms in total. The van der Waals surface area contributed by atoms with E-state index < -0.39 is 0 Å². The molecule has 2 unspecified atom stereocenters. The quantitative estimate of drug-likeness (QED) is 0.416. The molecule has 0 aromatic rings. The van der Waals surface area contributed by atoms with Crippen LogP contribution in [0.3, 0.4) is 0 Å². The van der Waals surface area contributed by atoms with E-state index in [0.717, 1.165) is 31.5 Å². The van der Waals surface area contributed by atoms with Gasteiger partial charge in [-0.2, -0.15) is 0 Å². The molecule has 0 aromatic heterocycles. The molecular weight excluding hydrogens is 210 g/mol. The Hall–Kier alpha value is -0.340. The van der Waals surface area contributed by atoms with Crippen LogP contribution in [0.15, 0.2) is 12.7 Å². The zero-order valence-electron chi connectivity index (χ0n) is 12.0. The highest BCUT2D eigenvalue weighted by atomic mass is 16.5. The van der Waals surface area contributed by atoms with Crippen LogP contribution in [0, 0.1) is 11.8 Å². The van der Waals surface area contributed by atoms with Gasteiger partial charge in [0.15, 0.2) is 0 Å². The minimum absolute atomic E-state index is 0.660. The molecule has 2 heteroatoms. The van der Waals surface area contributed by atoms with Crippen molar-refractivity contribution in [2.75, 3.05) is 26.3 Å². The van der Waals surface area contributed by atoms with Crippen molar-refractivity contribution in [2.45, 2.75) is 46.5 Å². The monoisotopic (exact) mass is 241 g/mol. The van der Waals surface area contributed by atoms with Gasteiger partial charge in [-0.15, -0.1) is 6.58 Å². The fourth-order valence-electron chi connectivity index (χ4n) is 2.31. The van der Waals surface area contributed by atoms with Gasteiger partial charge in [0, 0.05) is 6.54 Å². The highest BCUT2D eigenvalue weighted by molar-refractivity contribution is 4.67. The van der Waals surface area contributed by atoms with Gasteiger partial charge in [-0.25, -0.2) is 0 Å². The van der Waals surface area contributed by atoms with Crippen LogP contribution in [-0.4, -0.2) is 26.3 Å². The first-order valence-electron chi connectivity index (χ1n) is 7.15. The molecule has 0 aromatic carbocycles. The standard InChI is InChI=1S/C15H31NO/c1-5-8-14(4)15(7-3)9-10-16-11-13-17-12-6-2/h6,14-16H,2,5,7-13H2,1,3-4H3. The van der Waals surface area contributed by atoms with E-state index in [1.165, 1.54) is 25.7 Å². The van der Waals surface area contributed by atoms with Crippen LogP contribution in [-0.2, 0) is 4.74 Å². The molecule has 0 spiro atoms. The summed E-state index contributed by atoms with van der Waals surface area (Å²) in [6.45, 7) is 14.1. The molecule has 0 rings (SSSR count).